The summed E-state index contributed by atoms with van der Waals surface area (Å²) in [6, 6.07) is -0.419. The average Bonchev–Trinajstić information content (AvgIpc) is 2.13. The van der Waals surface area contributed by atoms with Gasteiger partial charge < -0.3 is 26.0 Å². The SMILES string of the molecule is CC(=O)NC[C@H]1NC[C@H](O)[C@@H](O)[C@@H]1O. The van der Waals surface area contributed by atoms with Gasteiger partial charge in [-0.2, -0.15) is 0 Å². The minimum absolute atomic E-state index is 0.195. The van der Waals surface area contributed by atoms with E-state index in [9.17, 15) is 20.1 Å². The van der Waals surface area contributed by atoms with E-state index in [1.165, 1.54) is 6.92 Å². The lowest BCUT2D eigenvalue weighted by Gasteiger charge is -2.36. The summed E-state index contributed by atoms with van der Waals surface area (Å²) in [5.41, 5.74) is 0. The molecule has 1 rings (SSSR count). The molecule has 4 atom stereocenters. The fourth-order valence-electron chi connectivity index (χ4n) is 1.43. The van der Waals surface area contributed by atoms with E-state index in [-0.39, 0.29) is 19.0 Å². The van der Waals surface area contributed by atoms with E-state index < -0.39 is 24.4 Å². The molecule has 0 spiro atoms. The van der Waals surface area contributed by atoms with Gasteiger partial charge in [-0.15, -0.1) is 0 Å². The van der Waals surface area contributed by atoms with Gasteiger partial charge in [-0.3, -0.25) is 4.79 Å². The molecule has 6 heteroatoms. The number of rotatable bonds is 2. The molecular formula is C8H16N2O4. The van der Waals surface area contributed by atoms with Crippen molar-refractivity contribution in [3.63, 3.8) is 0 Å². The van der Waals surface area contributed by atoms with E-state index >= 15 is 0 Å². The average molecular weight is 204 g/mol. The van der Waals surface area contributed by atoms with Crippen molar-refractivity contribution in [2.45, 2.75) is 31.3 Å². The van der Waals surface area contributed by atoms with Gasteiger partial charge in [0.15, 0.2) is 0 Å². The van der Waals surface area contributed by atoms with Crippen LogP contribution in [0.25, 0.3) is 0 Å². The van der Waals surface area contributed by atoms with E-state index in [1.54, 1.807) is 0 Å². The Morgan fingerprint density at radius 2 is 2.07 bits per heavy atom. The largest absolute Gasteiger partial charge is 0.389 e. The Bertz CT molecular complexity index is 212. The van der Waals surface area contributed by atoms with Crippen molar-refractivity contribution in [1.82, 2.24) is 10.6 Å². The van der Waals surface area contributed by atoms with Crippen LogP contribution in [-0.2, 0) is 4.79 Å². The number of aliphatic hydroxyl groups excluding tert-OH is 3. The van der Waals surface area contributed by atoms with Gasteiger partial charge in [-0.1, -0.05) is 0 Å². The highest BCUT2D eigenvalue weighted by Crippen LogP contribution is 2.09. The van der Waals surface area contributed by atoms with Crippen LogP contribution in [0.3, 0.4) is 0 Å². The summed E-state index contributed by atoms with van der Waals surface area (Å²) < 4.78 is 0. The molecule has 0 bridgehead atoms. The van der Waals surface area contributed by atoms with Crippen molar-refractivity contribution >= 4 is 5.91 Å². The number of aliphatic hydroxyl groups is 3. The van der Waals surface area contributed by atoms with Crippen LogP contribution in [0.2, 0.25) is 0 Å². The third-order valence-corrected chi connectivity index (χ3v) is 2.32. The predicted octanol–water partition coefficient (Wildman–Crippen LogP) is -2.82. The van der Waals surface area contributed by atoms with E-state index in [4.69, 9.17) is 0 Å². The maximum Gasteiger partial charge on any atom is 0.216 e. The number of β-amino-alcohol motifs (C(OH)–C–C–N with tert-alkyl or cyclic N) is 1. The molecule has 0 aromatic rings. The summed E-state index contributed by atoms with van der Waals surface area (Å²) in [7, 11) is 0. The predicted molar refractivity (Wildman–Crippen MR) is 48.5 cm³/mol. The first kappa shape index (κ1) is 11.4. The molecule has 0 unspecified atom stereocenters. The van der Waals surface area contributed by atoms with Crippen LogP contribution in [-0.4, -0.2) is 58.7 Å². The summed E-state index contributed by atoms with van der Waals surface area (Å²) in [5.74, 6) is -0.195. The smallest absolute Gasteiger partial charge is 0.216 e. The molecule has 1 aliphatic rings. The van der Waals surface area contributed by atoms with E-state index in [1.807, 2.05) is 0 Å². The Balaban J connectivity index is 2.42. The Morgan fingerprint density at radius 1 is 1.43 bits per heavy atom. The zero-order valence-electron chi connectivity index (χ0n) is 7.97. The first-order valence-electron chi connectivity index (χ1n) is 4.54. The number of hydrogen-bond donors (Lipinski definition) is 5. The molecule has 0 aliphatic carbocycles. The Hall–Kier alpha value is -0.690. The quantitative estimate of drug-likeness (QED) is 0.334. The Labute approximate surface area is 81.9 Å². The summed E-state index contributed by atoms with van der Waals surface area (Å²) in [6.07, 6.45) is -3.18. The molecule has 14 heavy (non-hydrogen) atoms. The minimum atomic E-state index is -1.16. The topological polar surface area (TPSA) is 102 Å². The summed E-state index contributed by atoms with van der Waals surface area (Å²) in [6.45, 7) is 1.82. The fourth-order valence-corrected chi connectivity index (χ4v) is 1.43. The van der Waals surface area contributed by atoms with Crippen molar-refractivity contribution in [2.75, 3.05) is 13.1 Å². The lowest BCUT2D eigenvalue weighted by Crippen LogP contribution is -2.62. The Morgan fingerprint density at radius 3 is 2.64 bits per heavy atom. The van der Waals surface area contributed by atoms with Crippen LogP contribution in [0.4, 0.5) is 0 Å². The molecule has 0 radical (unpaired) electrons. The number of nitrogens with one attached hydrogen (secondary N) is 2. The molecule has 0 aromatic carbocycles. The molecule has 1 amide bonds. The summed E-state index contributed by atoms with van der Waals surface area (Å²) in [5, 5.41) is 33.4. The number of carbonyl (C=O) groups is 1. The number of carbonyl (C=O) groups excluding carboxylic acids is 1. The lowest BCUT2D eigenvalue weighted by molar-refractivity contribution is -0.120. The molecule has 6 nitrogen and oxygen atoms in total. The molecule has 1 aliphatic heterocycles. The highest BCUT2D eigenvalue weighted by Gasteiger charge is 2.35. The second-order valence-electron chi connectivity index (χ2n) is 3.50. The third-order valence-electron chi connectivity index (χ3n) is 2.32. The lowest BCUT2D eigenvalue weighted by atomic mass is 9.96. The molecule has 0 aromatic heterocycles. The van der Waals surface area contributed by atoms with Gasteiger partial charge >= 0.3 is 0 Å². The van der Waals surface area contributed by atoms with Crippen LogP contribution >= 0.6 is 0 Å². The molecule has 0 saturated carbocycles. The van der Waals surface area contributed by atoms with Gasteiger partial charge in [0, 0.05) is 20.0 Å². The van der Waals surface area contributed by atoms with Gasteiger partial charge in [0.05, 0.1) is 18.2 Å². The van der Waals surface area contributed by atoms with Crippen LogP contribution in [0, 0.1) is 0 Å². The van der Waals surface area contributed by atoms with Crippen LogP contribution < -0.4 is 10.6 Å². The second-order valence-corrected chi connectivity index (χ2v) is 3.50. The van der Waals surface area contributed by atoms with Crippen molar-refractivity contribution in [3.05, 3.63) is 0 Å². The highest BCUT2D eigenvalue weighted by molar-refractivity contribution is 5.72. The van der Waals surface area contributed by atoms with Crippen molar-refractivity contribution in [3.8, 4) is 0 Å². The number of piperidine rings is 1. The monoisotopic (exact) mass is 204 g/mol. The minimum Gasteiger partial charge on any atom is -0.389 e. The zero-order valence-corrected chi connectivity index (χ0v) is 7.97. The van der Waals surface area contributed by atoms with E-state index in [0.29, 0.717) is 0 Å². The zero-order chi connectivity index (χ0) is 10.7. The molecule has 82 valence electrons. The first-order valence-corrected chi connectivity index (χ1v) is 4.54. The van der Waals surface area contributed by atoms with Crippen LogP contribution in [0.15, 0.2) is 0 Å². The normalized spacial score (nSPS) is 38.0. The van der Waals surface area contributed by atoms with Crippen molar-refractivity contribution in [1.29, 1.82) is 0 Å². The first-order chi connectivity index (χ1) is 6.52. The van der Waals surface area contributed by atoms with E-state index in [2.05, 4.69) is 10.6 Å². The van der Waals surface area contributed by atoms with Crippen molar-refractivity contribution in [2.24, 2.45) is 0 Å². The molecule has 1 fully saturated rings. The second kappa shape index (κ2) is 4.70. The van der Waals surface area contributed by atoms with Gasteiger partial charge in [-0.05, 0) is 0 Å². The molecule has 1 saturated heterocycles. The van der Waals surface area contributed by atoms with Gasteiger partial charge in [0.2, 0.25) is 5.91 Å². The fraction of sp³-hybridized carbons (Fsp3) is 0.875. The maximum absolute atomic E-state index is 10.6. The van der Waals surface area contributed by atoms with Crippen LogP contribution in [0.5, 0.6) is 0 Å². The van der Waals surface area contributed by atoms with Crippen LogP contribution in [0.1, 0.15) is 6.92 Å². The number of amides is 1. The standard InChI is InChI=1S/C8H16N2O4/c1-4(11)9-2-5-7(13)8(14)6(12)3-10-5/h5-8,10,12-14H,2-3H2,1H3,(H,9,11)/t5-,6+,7-,8-/m1/s1. The summed E-state index contributed by atoms with van der Waals surface area (Å²) >= 11 is 0. The van der Waals surface area contributed by atoms with Gasteiger partial charge in [-0.25, -0.2) is 0 Å². The maximum atomic E-state index is 10.6. The third kappa shape index (κ3) is 2.65. The van der Waals surface area contributed by atoms with Crippen molar-refractivity contribution < 1.29 is 20.1 Å². The van der Waals surface area contributed by atoms with Gasteiger partial charge in [0.1, 0.15) is 6.10 Å². The van der Waals surface area contributed by atoms with Gasteiger partial charge in [0.25, 0.3) is 0 Å². The highest BCUT2D eigenvalue weighted by atomic mass is 16.4. The molecular weight excluding hydrogens is 188 g/mol. The Kier molecular flexibility index (Phi) is 3.82. The molecule has 5 N–H and O–H groups in total. The van der Waals surface area contributed by atoms with E-state index in [0.717, 1.165) is 0 Å². The molecule has 1 heterocycles. The number of hydrogen-bond acceptors (Lipinski definition) is 5. The summed E-state index contributed by atoms with van der Waals surface area (Å²) in [4.78, 5) is 10.6.